The molecule has 1 aromatic heterocycles. The number of carboxylic acid groups (broad SMARTS) is 1. The second kappa shape index (κ2) is 6.00. The highest BCUT2D eigenvalue weighted by molar-refractivity contribution is 7.93. The fourth-order valence-electron chi connectivity index (χ4n) is 1.58. The van der Waals surface area contributed by atoms with Crippen molar-refractivity contribution in [2.75, 3.05) is 4.72 Å². The molecule has 1 aromatic carbocycles. The Morgan fingerprint density at radius 3 is 2.81 bits per heavy atom. The molecule has 0 saturated heterocycles. The number of aliphatic carboxylic acids is 1. The van der Waals surface area contributed by atoms with Crippen LogP contribution >= 0.6 is 22.9 Å². The predicted molar refractivity (Wildman–Crippen MR) is 80.5 cm³/mol. The van der Waals surface area contributed by atoms with E-state index in [9.17, 15) is 13.2 Å². The second-order valence-electron chi connectivity index (χ2n) is 4.25. The molecule has 0 aliphatic heterocycles. The molecule has 0 aliphatic rings. The SMILES string of the molecule is Cc1ccc(S(=O)(=O)Nc2nc(CC(=O)O)cs2)c(Cl)c1. The van der Waals surface area contributed by atoms with Crippen LogP contribution in [-0.2, 0) is 21.2 Å². The van der Waals surface area contributed by atoms with E-state index >= 15 is 0 Å². The van der Waals surface area contributed by atoms with Crippen LogP contribution < -0.4 is 4.72 Å². The molecule has 112 valence electrons. The molecule has 0 saturated carbocycles. The van der Waals surface area contributed by atoms with Gasteiger partial charge in [-0.3, -0.25) is 9.52 Å². The van der Waals surface area contributed by atoms with Crippen molar-refractivity contribution in [2.45, 2.75) is 18.2 Å². The molecule has 21 heavy (non-hydrogen) atoms. The highest BCUT2D eigenvalue weighted by atomic mass is 35.5. The normalized spacial score (nSPS) is 11.3. The van der Waals surface area contributed by atoms with Crippen LogP contribution in [0.4, 0.5) is 5.13 Å². The lowest BCUT2D eigenvalue weighted by atomic mass is 10.2. The summed E-state index contributed by atoms with van der Waals surface area (Å²) < 4.78 is 26.7. The monoisotopic (exact) mass is 346 g/mol. The van der Waals surface area contributed by atoms with E-state index in [-0.39, 0.29) is 21.5 Å². The quantitative estimate of drug-likeness (QED) is 0.867. The Balaban J connectivity index is 2.25. The van der Waals surface area contributed by atoms with Gasteiger partial charge in [0.1, 0.15) is 4.90 Å². The van der Waals surface area contributed by atoms with Gasteiger partial charge in [-0.15, -0.1) is 11.3 Å². The first-order chi connectivity index (χ1) is 9.78. The summed E-state index contributed by atoms with van der Waals surface area (Å²) in [5.74, 6) is -1.03. The number of nitrogens with one attached hydrogen (secondary N) is 1. The molecule has 0 amide bonds. The number of aromatic nitrogens is 1. The summed E-state index contributed by atoms with van der Waals surface area (Å²) in [4.78, 5) is 14.4. The summed E-state index contributed by atoms with van der Waals surface area (Å²) >= 11 is 6.95. The minimum absolute atomic E-state index is 0.0512. The van der Waals surface area contributed by atoms with Crippen molar-refractivity contribution >= 4 is 44.1 Å². The van der Waals surface area contributed by atoms with E-state index in [1.54, 1.807) is 19.1 Å². The van der Waals surface area contributed by atoms with Crippen LogP contribution in [0.3, 0.4) is 0 Å². The van der Waals surface area contributed by atoms with E-state index < -0.39 is 16.0 Å². The highest BCUT2D eigenvalue weighted by Crippen LogP contribution is 2.26. The van der Waals surface area contributed by atoms with E-state index in [1.165, 1.54) is 11.4 Å². The minimum atomic E-state index is -3.86. The van der Waals surface area contributed by atoms with Gasteiger partial charge in [-0.1, -0.05) is 17.7 Å². The van der Waals surface area contributed by atoms with Gasteiger partial charge in [0.15, 0.2) is 5.13 Å². The lowest BCUT2D eigenvalue weighted by Gasteiger charge is -2.07. The summed E-state index contributed by atoms with van der Waals surface area (Å²) in [7, 11) is -3.86. The Morgan fingerprint density at radius 2 is 2.19 bits per heavy atom. The number of carboxylic acids is 1. The van der Waals surface area contributed by atoms with Crippen molar-refractivity contribution in [1.82, 2.24) is 4.98 Å². The Bertz CT molecular complexity index is 786. The number of rotatable bonds is 5. The Hall–Kier alpha value is -1.64. The van der Waals surface area contributed by atoms with Crippen LogP contribution in [0, 0.1) is 6.92 Å². The summed E-state index contributed by atoms with van der Waals surface area (Å²) in [6.07, 6.45) is -0.260. The third-order valence-electron chi connectivity index (χ3n) is 2.48. The highest BCUT2D eigenvalue weighted by Gasteiger charge is 2.19. The van der Waals surface area contributed by atoms with Crippen LogP contribution in [0.5, 0.6) is 0 Å². The number of thiazole rings is 1. The molecule has 0 aliphatic carbocycles. The molecular formula is C12H11ClN2O4S2. The summed E-state index contributed by atoms with van der Waals surface area (Å²) in [5, 5.41) is 10.4. The average molecular weight is 347 g/mol. The molecular weight excluding hydrogens is 336 g/mol. The van der Waals surface area contributed by atoms with Crippen molar-refractivity contribution < 1.29 is 18.3 Å². The van der Waals surface area contributed by atoms with E-state index in [2.05, 4.69) is 9.71 Å². The Kier molecular flexibility index (Phi) is 4.50. The van der Waals surface area contributed by atoms with E-state index in [1.807, 2.05) is 0 Å². The molecule has 2 N–H and O–H groups in total. The maximum absolute atomic E-state index is 12.2. The van der Waals surface area contributed by atoms with Crippen molar-refractivity contribution in [3.8, 4) is 0 Å². The number of nitrogens with zero attached hydrogens (tertiary/aromatic N) is 1. The number of anilines is 1. The molecule has 0 atom stereocenters. The number of aryl methyl sites for hydroxylation is 1. The minimum Gasteiger partial charge on any atom is -0.481 e. The molecule has 0 spiro atoms. The Labute approximate surface area is 130 Å². The van der Waals surface area contributed by atoms with Gasteiger partial charge in [0.2, 0.25) is 0 Å². The molecule has 2 rings (SSSR count). The van der Waals surface area contributed by atoms with E-state index in [0.29, 0.717) is 5.69 Å². The largest absolute Gasteiger partial charge is 0.481 e. The van der Waals surface area contributed by atoms with Crippen molar-refractivity contribution in [3.63, 3.8) is 0 Å². The molecule has 0 radical (unpaired) electrons. The number of sulfonamides is 1. The van der Waals surface area contributed by atoms with Gasteiger partial charge in [0, 0.05) is 5.38 Å². The summed E-state index contributed by atoms with van der Waals surface area (Å²) in [5.41, 5.74) is 1.14. The van der Waals surface area contributed by atoms with Crippen molar-refractivity contribution in [1.29, 1.82) is 0 Å². The van der Waals surface area contributed by atoms with Gasteiger partial charge >= 0.3 is 5.97 Å². The lowest BCUT2D eigenvalue weighted by molar-refractivity contribution is -0.136. The first kappa shape index (κ1) is 15.7. The number of benzene rings is 1. The van der Waals surface area contributed by atoms with Crippen LogP contribution in [0.1, 0.15) is 11.3 Å². The zero-order valence-electron chi connectivity index (χ0n) is 10.8. The zero-order valence-corrected chi connectivity index (χ0v) is 13.2. The topological polar surface area (TPSA) is 96.4 Å². The smallest absolute Gasteiger partial charge is 0.309 e. The van der Waals surface area contributed by atoms with Crippen LogP contribution in [0.25, 0.3) is 0 Å². The third-order valence-corrected chi connectivity index (χ3v) is 5.24. The first-order valence-corrected chi connectivity index (χ1v) is 8.47. The van der Waals surface area contributed by atoms with E-state index in [4.69, 9.17) is 16.7 Å². The van der Waals surface area contributed by atoms with Crippen LogP contribution in [0.2, 0.25) is 5.02 Å². The van der Waals surface area contributed by atoms with Crippen LogP contribution in [0.15, 0.2) is 28.5 Å². The number of carbonyl (C=O) groups is 1. The summed E-state index contributed by atoms with van der Waals surface area (Å²) in [6.45, 7) is 1.80. The standard InChI is InChI=1S/C12H11ClN2O4S2/c1-7-2-3-10(9(13)4-7)21(18,19)15-12-14-8(6-20-12)5-11(16)17/h2-4,6H,5H2,1H3,(H,14,15)(H,16,17). The van der Waals surface area contributed by atoms with Crippen molar-refractivity contribution in [2.24, 2.45) is 0 Å². The lowest BCUT2D eigenvalue weighted by Crippen LogP contribution is -2.13. The molecule has 1 heterocycles. The van der Waals surface area contributed by atoms with Gasteiger partial charge in [-0.05, 0) is 24.6 Å². The molecule has 9 heteroatoms. The Morgan fingerprint density at radius 1 is 1.48 bits per heavy atom. The third kappa shape index (κ3) is 3.93. The van der Waals surface area contributed by atoms with Crippen LogP contribution in [-0.4, -0.2) is 24.5 Å². The van der Waals surface area contributed by atoms with Gasteiger partial charge in [-0.25, -0.2) is 13.4 Å². The zero-order chi connectivity index (χ0) is 15.6. The van der Waals surface area contributed by atoms with Gasteiger partial charge in [-0.2, -0.15) is 0 Å². The van der Waals surface area contributed by atoms with Gasteiger partial charge < -0.3 is 5.11 Å². The average Bonchev–Trinajstić information content (AvgIpc) is 2.73. The van der Waals surface area contributed by atoms with E-state index in [0.717, 1.165) is 16.9 Å². The summed E-state index contributed by atoms with van der Waals surface area (Å²) in [6, 6.07) is 4.59. The fourth-order valence-corrected chi connectivity index (χ4v) is 4.15. The number of halogens is 1. The molecule has 6 nitrogen and oxygen atoms in total. The maximum atomic E-state index is 12.2. The molecule has 0 bridgehead atoms. The molecule has 0 unspecified atom stereocenters. The fraction of sp³-hybridized carbons (Fsp3) is 0.167. The number of hydrogen-bond donors (Lipinski definition) is 2. The number of hydrogen-bond acceptors (Lipinski definition) is 5. The second-order valence-corrected chi connectivity index (χ2v) is 7.17. The van der Waals surface area contributed by atoms with Crippen molar-refractivity contribution in [3.05, 3.63) is 39.9 Å². The predicted octanol–water partition coefficient (Wildman–Crippen LogP) is 2.53. The maximum Gasteiger partial charge on any atom is 0.309 e. The first-order valence-electron chi connectivity index (χ1n) is 5.73. The molecule has 2 aromatic rings. The van der Waals surface area contributed by atoms with Gasteiger partial charge in [0.05, 0.1) is 17.1 Å². The molecule has 0 fully saturated rings. The van der Waals surface area contributed by atoms with Gasteiger partial charge in [0.25, 0.3) is 10.0 Å².